The van der Waals surface area contributed by atoms with Gasteiger partial charge >= 0.3 is 0 Å². The number of aromatic nitrogens is 2. The molecule has 0 saturated heterocycles. The molecule has 0 N–H and O–H groups in total. The van der Waals surface area contributed by atoms with Crippen LogP contribution in [0.15, 0.2) is 24.5 Å². The number of hydrogen-bond donors (Lipinski definition) is 0. The van der Waals surface area contributed by atoms with Gasteiger partial charge in [0, 0.05) is 18.8 Å². The van der Waals surface area contributed by atoms with E-state index in [-0.39, 0.29) is 5.78 Å². The van der Waals surface area contributed by atoms with Crippen LogP contribution in [0.25, 0.3) is 5.65 Å². The summed E-state index contributed by atoms with van der Waals surface area (Å²) in [6.07, 6.45) is 4.28. The maximum atomic E-state index is 10.9. The van der Waals surface area contributed by atoms with Crippen molar-refractivity contribution < 1.29 is 4.79 Å². The molecule has 3 nitrogen and oxygen atoms in total. The number of ketones is 1. The van der Waals surface area contributed by atoms with E-state index < -0.39 is 0 Å². The highest BCUT2D eigenvalue weighted by Crippen LogP contribution is 2.08. The average molecular weight is 188 g/mol. The van der Waals surface area contributed by atoms with E-state index in [2.05, 4.69) is 4.98 Å². The predicted molar refractivity (Wildman–Crippen MR) is 54.3 cm³/mol. The third-order valence-electron chi connectivity index (χ3n) is 2.10. The van der Waals surface area contributed by atoms with Crippen LogP contribution < -0.4 is 0 Å². The van der Waals surface area contributed by atoms with Gasteiger partial charge in [-0.15, -0.1) is 0 Å². The van der Waals surface area contributed by atoms with Gasteiger partial charge < -0.3 is 4.40 Å². The van der Waals surface area contributed by atoms with Crippen molar-refractivity contribution in [1.29, 1.82) is 0 Å². The van der Waals surface area contributed by atoms with Crippen LogP contribution >= 0.6 is 0 Å². The number of aryl methyl sites for hydroxylation is 1. The first-order chi connectivity index (χ1) is 6.65. The highest BCUT2D eigenvalue weighted by Gasteiger charge is 2.03. The molecular formula is C11H12N2O. The van der Waals surface area contributed by atoms with Crippen LogP contribution in [-0.4, -0.2) is 15.2 Å². The quantitative estimate of drug-likeness (QED) is 0.719. The molecule has 0 saturated carbocycles. The number of Topliss-reactive ketones (excluding diaryl/α,β-unsaturated/α-hetero) is 1. The molecule has 0 amide bonds. The van der Waals surface area contributed by atoms with Crippen LogP contribution in [0.3, 0.4) is 0 Å². The van der Waals surface area contributed by atoms with Gasteiger partial charge in [0.1, 0.15) is 11.4 Å². The lowest BCUT2D eigenvalue weighted by atomic mass is 10.2. The van der Waals surface area contributed by atoms with Gasteiger partial charge in [0.25, 0.3) is 0 Å². The maximum absolute atomic E-state index is 10.9. The minimum Gasteiger partial charge on any atom is -0.307 e. The normalized spacial score (nSPS) is 10.7. The van der Waals surface area contributed by atoms with Crippen LogP contribution in [-0.2, 0) is 11.2 Å². The molecule has 0 atom stereocenters. The van der Waals surface area contributed by atoms with Crippen molar-refractivity contribution in [2.45, 2.75) is 20.3 Å². The van der Waals surface area contributed by atoms with Gasteiger partial charge in [0.05, 0.1) is 5.69 Å². The predicted octanol–water partition coefficient (Wildman–Crippen LogP) is 1.77. The fraction of sp³-hybridized carbons (Fsp3) is 0.273. The second-order valence-corrected chi connectivity index (χ2v) is 3.58. The number of rotatable bonds is 2. The van der Waals surface area contributed by atoms with Crippen molar-refractivity contribution in [1.82, 2.24) is 9.38 Å². The molecule has 0 fully saturated rings. The number of hydrogen-bond acceptors (Lipinski definition) is 2. The average Bonchev–Trinajstić information content (AvgIpc) is 2.44. The van der Waals surface area contributed by atoms with E-state index in [0.717, 1.165) is 11.3 Å². The molecule has 2 aromatic rings. The maximum Gasteiger partial charge on any atom is 0.137 e. The summed E-state index contributed by atoms with van der Waals surface area (Å²) in [5.41, 5.74) is 2.92. The van der Waals surface area contributed by atoms with Gasteiger partial charge in [-0.3, -0.25) is 4.79 Å². The minimum absolute atomic E-state index is 0.144. The molecule has 0 spiro atoms. The molecule has 0 radical (unpaired) electrons. The third-order valence-corrected chi connectivity index (χ3v) is 2.10. The highest BCUT2D eigenvalue weighted by molar-refractivity contribution is 5.77. The molecule has 3 heteroatoms. The molecule has 2 heterocycles. The third kappa shape index (κ3) is 1.66. The zero-order chi connectivity index (χ0) is 10.1. The molecule has 0 aliphatic carbocycles. The van der Waals surface area contributed by atoms with E-state index in [1.54, 1.807) is 6.92 Å². The zero-order valence-electron chi connectivity index (χ0n) is 8.32. The SMILES string of the molecule is CC(=O)Cc1cn2ccc(C)cc2n1. The molecular weight excluding hydrogens is 176 g/mol. The van der Waals surface area contributed by atoms with Crippen LogP contribution in [0.4, 0.5) is 0 Å². The number of nitrogens with zero attached hydrogens (tertiary/aromatic N) is 2. The van der Waals surface area contributed by atoms with Gasteiger partial charge in [-0.25, -0.2) is 4.98 Å². The Morgan fingerprint density at radius 1 is 1.57 bits per heavy atom. The lowest BCUT2D eigenvalue weighted by Crippen LogP contribution is -1.95. The van der Waals surface area contributed by atoms with E-state index in [1.165, 1.54) is 5.56 Å². The number of pyridine rings is 1. The number of fused-ring (bicyclic) bond motifs is 1. The van der Waals surface area contributed by atoms with Crippen LogP contribution in [0.2, 0.25) is 0 Å². The summed E-state index contributed by atoms with van der Waals surface area (Å²) in [4.78, 5) is 15.3. The number of imidazole rings is 1. The largest absolute Gasteiger partial charge is 0.307 e. The standard InChI is InChI=1S/C11H12N2O/c1-8-3-4-13-7-10(6-9(2)14)12-11(13)5-8/h3-5,7H,6H2,1-2H3. The molecule has 0 aliphatic rings. The van der Waals surface area contributed by atoms with Crippen molar-refractivity contribution in [2.24, 2.45) is 0 Å². The fourth-order valence-electron chi connectivity index (χ4n) is 1.48. The monoisotopic (exact) mass is 188 g/mol. The Hall–Kier alpha value is -1.64. The topological polar surface area (TPSA) is 34.4 Å². The molecule has 14 heavy (non-hydrogen) atoms. The van der Waals surface area contributed by atoms with E-state index in [4.69, 9.17) is 0 Å². The Labute approximate surface area is 82.4 Å². The Morgan fingerprint density at radius 2 is 2.36 bits per heavy atom. The second kappa shape index (κ2) is 3.25. The van der Waals surface area contributed by atoms with Crippen molar-refractivity contribution in [2.75, 3.05) is 0 Å². The van der Waals surface area contributed by atoms with Crippen molar-refractivity contribution in [3.63, 3.8) is 0 Å². The van der Waals surface area contributed by atoms with Crippen molar-refractivity contribution in [3.05, 3.63) is 35.8 Å². The summed E-state index contributed by atoms with van der Waals surface area (Å²) < 4.78 is 1.94. The molecule has 72 valence electrons. The first-order valence-electron chi connectivity index (χ1n) is 4.59. The van der Waals surface area contributed by atoms with E-state index in [1.807, 2.05) is 35.9 Å². The zero-order valence-corrected chi connectivity index (χ0v) is 8.32. The fourth-order valence-corrected chi connectivity index (χ4v) is 1.48. The van der Waals surface area contributed by atoms with Gasteiger partial charge in [0.15, 0.2) is 0 Å². The first kappa shape index (κ1) is 8.94. The highest BCUT2D eigenvalue weighted by atomic mass is 16.1. The number of carbonyl (C=O) groups excluding carboxylic acids is 1. The molecule has 0 bridgehead atoms. The van der Waals surface area contributed by atoms with Crippen LogP contribution in [0.1, 0.15) is 18.2 Å². The molecule has 2 rings (SSSR count). The van der Waals surface area contributed by atoms with Crippen LogP contribution in [0, 0.1) is 6.92 Å². The number of carbonyl (C=O) groups is 1. The van der Waals surface area contributed by atoms with E-state index in [9.17, 15) is 4.79 Å². The summed E-state index contributed by atoms with van der Waals surface area (Å²) in [5, 5.41) is 0. The Kier molecular flexibility index (Phi) is 2.08. The smallest absolute Gasteiger partial charge is 0.137 e. The summed E-state index contributed by atoms with van der Waals surface area (Å²) in [6, 6.07) is 4.02. The lowest BCUT2D eigenvalue weighted by Gasteiger charge is -1.92. The van der Waals surface area contributed by atoms with E-state index in [0.29, 0.717) is 6.42 Å². The molecule has 0 aromatic carbocycles. The van der Waals surface area contributed by atoms with Crippen LogP contribution in [0.5, 0.6) is 0 Å². The summed E-state index contributed by atoms with van der Waals surface area (Å²) in [6.45, 7) is 3.61. The van der Waals surface area contributed by atoms with E-state index >= 15 is 0 Å². The summed E-state index contributed by atoms with van der Waals surface area (Å²) in [7, 11) is 0. The van der Waals surface area contributed by atoms with Gasteiger partial charge in [-0.1, -0.05) is 0 Å². The first-order valence-corrected chi connectivity index (χ1v) is 4.59. The summed E-state index contributed by atoms with van der Waals surface area (Å²) >= 11 is 0. The Bertz CT molecular complexity index is 485. The van der Waals surface area contributed by atoms with Crippen molar-refractivity contribution >= 4 is 11.4 Å². The van der Waals surface area contributed by atoms with Crippen molar-refractivity contribution in [3.8, 4) is 0 Å². The Morgan fingerprint density at radius 3 is 3.07 bits per heavy atom. The van der Waals surface area contributed by atoms with Gasteiger partial charge in [-0.2, -0.15) is 0 Å². The Balaban J connectivity index is 2.46. The lowest BCUT2D eigenvalue weighted by molar-refractivity contribution is -0.116. The van der Waals surface area contributed by atoms with Gasteiger partial charge in [-0.05, 0) is 31.5 Å². The molecule has 0 unspecified atom stereocenters. The molecule has 0 aliphatic heterocycles. The minimum atomic E-state index is 0.144. The van der Waals surface area contributed by atoms with Gasteiger partial charge in [0.2, 0.25) is 0 Å². The second-order valence-electron chi connectivity index (χ2n) is 3.58. The molecule has 2 aromatic heterocycles. The summed E-state index contributed by atoms with van der Waals surface area (Å²) in [5.74, 6) is 0.144.